The van der Waals surface area contributed by atoms with Gasteiger partial charge in [-0.1, -0.05) is 22.9 Å². The Hall–Kier alpha value is -0.870. The lowest BCUT2D eigenvalue weighted by atomic mass is 10.0. The van der Waals surface area contributed by atoms with Crippen LogP contribution in [-0.4, -0.2) is 16.5 Å². The van der Waals surface area contributed by atoms with Crippen LogP contribution in [0.25, 0.3) is 11.0 Å². The Kier molecular flexibility index (Phi) is 2.48. The van der Waals surface area contributed by atoms with Gasteiger partial charge < -0.3 is 10.3 Å². The first-order chi connectivity index (χ1) is 7.74. The molecule has 2 N–H and O–H groups in total. The highest BCUT2D eigenvalue weighted by molar-refractivity contribution is 9.10. The SMILES string of the molecule is C[C@H]1CCNC1c1nc2ccc(Br)cc2[nH]1. The van der Waals surface area contributed by atoms with Crippen molar-refractivity contribution in [1.29, 1.82) is 0 Å². The molecular formula is C12H14BrN3. The predicted molar refractivity (Wildman–Crippen MR) is 68.3 cm³/mol. The van der Waals surface area contributed by atoms with Crippen molar-refractivity contribution in [3.05, 3.63) is 28.5 Å². The van der Waals surface area contributed by atoms with E-state index in [2.05, 4.69) is 44.2 Å². The van der Waals surface area contributed by atoms with Gasteiger partial charge >= 0.3 is 0 Å². The van der Waals surface area contributed by atoms with Crippen LogP contribution in [0.4, 0.5) is 0 Å². The molecule has 4 heteroatoms. The lowest BCUT2D eigenvalue weighted by Crippen LogP contribution is -2.17. The maximum atomic E-state index is 4.65. The summed E-state index contributed by atoms with van der Waals surface area (Å²) in [5, 5.41) is 3.49. The number of aromatic nitrogens is 2. The number of rotatable bonds is 1. The molecule has 1 aliphatic heterocycles. The number of benzene rings is 1. The van der Waals surface area contributed by atoms with Crippen LogP contribution >= 0.6 is 15.9 Å². The normalized spacial score (nSPS) is 25.4. The summed E-state index contributed by atoms with van der Waals surface area (Å²) in [6.45, 7) is 3.36. The Bertz CT molecular complexity index is 520. The van der Waals surface area contributed by atoms with Crippen molar-refractivity contribution in [2.45, 2.75) is 19.4 Å². The molecule has 1 aromatic carbocycles. The highest BCUT2D eigenvalue weighted by Crippen LogP contribution is 2.29. The van der Waals surface area contributed by atoms with Crippen LogP contribution in [0.1, 0.15) is 25.2 Å². The van der Waals surface area contributed by atoms with E-state index in [-0.39, 0.29) is 0 Å². The third-order valence-electron chi connectivity index (χ3n) is 3.29. The maximum absolute atomic E-state index is 4.65. The molecule has 1 saturated heterocycles. The van der Waals surface area contributed by atoms with Gasteiger partial charge in [-0.15, -0.1) is 0 Å². The van der Waals surface area contributed by atoms with E-state index in [0.29, 0.717) is 12.0 Å². The van der Waals surface area contributed by atoms with E-state index in [4.69, 9.17) is 0 Å². The van der Waals surface area contributed by atoms with Crippen molar-refractivity contribution in [2.24, 2.45) is 5.92 Å². The number of hydrogen-bond donors (Lipinski definition) is 2. The van der Waals surface area contributed by atoms with Gasteiger partial charge in [0.15, 0.2) is 0 Å². The number of imidazole rings is 1. The molecule has 3 rings (SSSR count). The molecule has 1 unspecified atom stereocenters. The summed E-state index contributed by atoms with van der Waals surface area (Å²) in [6, 6.07) is 6.52. The molecule has 1 aromatic heterocycles. The van der Waals surface area contributed by atoms with Crippen molar-refractivity contribution in [2.75, 3.05) is 6.54 Å². The summed E-state index contributed by atoms with van der Waals surface area (Å²) in [5.74, 6) is 1.72. The Morgan fingerprint density at radius 2 is 2.31 bits per heavy atom. The minimum Gasteiger partial charge on any atom is -0.341 e. The number of aromatic amines is 1. The van der Waals surface area contributed by atoms with Crippen LogP contribution in [0.15, 0.2) is 22.7 Å². The van der Waals surface area contributed by atoms with Crippen molar-refractivity contribution >= 4 is 27.0 Å². The summed E-state index contributed by atoms with van der Waals surface area (Å²) in [7, 11) is 0. The molecule has 2 aromatic rings. The van der Waals surface area contributed by atoms with Crippen LogP contribution < -0.4 is 5.32 Å². The van der Waals surface area contributed by atoms with Crippen LogP contribution in [0.3, 0.4) is 0 Å². The molecule has 0 bridgehead atoms. The summed E-state index contributed by atoms with van der Waals surface area (Å²) < 4.78 is 1.09. The van der Waals surface area contributed by atoms with Gasteiger partial charge in [0.1, 0.15) is 5.82 Å². The molecule has 3 nitrogen and oxygen atoms in total. The molecule has 84 valence electrons. The van der Waals surface area contributed by atoms with E-state index in [1.807, 2.05) is 12.1 Å². The molecule has 16 heavy (non-hydrogen) atoms. The second-order valence-electron chi connectivity index (χ2n) is 4.48. The lowest BCUT2D eigenvalue weighted by Gasteiger charge is -2.11. The minimum atomic E-state index is 0.381. The van der Waals surface area contributed by atoms with E-state index in [9.17, 15) is 0 Å². The highest BCUT2D eigenvalue weighted by atomic mass is 79.9. The first-order valence-corrected chi connectivity index (χ1v) is 6.42. The highest BCUT2D eigenvalue weighted by Gasteiger charge is 2.26. The lowest BCUT2D eigenvalue weighted by molar-refractivity contribution is 0.484. The minimum absolute atomic E-state index is 0.381. The second-order valence-corrected chi connectivity index (χ2v) is 5.40. The Morgan fingerprint density at radius 3 is 3.06 bits per heavy atom. The number of hydrogen-bond acceptors (Lipinski definition) is 2. The average Bonchev–Trinajstić information content (AvgIpc) is 2.82. The van der Waals surface area contributed by atoms with Gasteiger partial charge in [-0.25, -0.2) is 4.98 Å². The molecule has 0 saturated carbocycles. The van der Waals surface area contributed by atoms with E-state index in [1.54, 1.807) is 0 Å². The van der Waals surface area contributed by atoms with Gasteiger partial charge in [-0.05, 0) is 37.1 Å². The molecular weight excluding hydrogens is 266 g/mol. The summed E-state index contributed by atoms with van der Waals surface area (Å²) in [4.78, 5) is 8.05. The van der Waals surface area contributed by atoms with E-state index >= 15 is 0 Å². The quantitative estimate of drug-likeness (QED) is 0.843. The number of nitrogens with zero attached hydrogens (tertiary/aromatic N) is 1. The van der Waals surface area contributed by atoms with Gasteiger partial charge in [0.2, 0.25) is 0 Å². The molecule has 0 radical (unpaired) electrons. The van der Waals surface area contributed by atoms with Crippen molar-refractivity contribution in [3.8, 4) is 0 Å². The monoisotopic (exact) mass is 279 g/mol. The molecule has 0 aliphatic carbocycles. The first-order valence-electron chi connectivity index (χ1n) is 5.62. The number of H-pyrrole nitrogens is 1. The van der Waals surface area contributed by atoms with E-state index in [0.717, 1.165) is 27.9 Å². The zero-order valence-electron chi connectivity index (χ0n) is 9.13. The third-order valence-corrected chi connectivity index (χ3v) is 3.78. The molecule has 1 fully saturated rings. The Balaban J connectivity index is 2.04. The van der Waals surface area contributed by atoms with Crippen molar-refractivity contribution in [1.82, 2.24) is 15.3 Å². The Morgan fingerprint density at radius 1 is 1.44 bits per heavy atom. The largest absolute Gasteiger partial charge is 0.341 e. The fourth-order valence-electron chi connectivity index (χ4n) is 2.35. The standard InChI is InChI=1S/C12H14BrN3/c1-7-4-5-14-11(7)12-15-9-3-2-8(13)6-10(9)16-12/h2-3,6-7,11,14H,4-5H2,1H3,(H,15,16)/t7-,11?/m0/s1. The van der Waals surface area contributed by atoms with Crippen molar-refractivity contribution < 1.29 is 0 Å². The van der Waals surface area contributed by atoms with Gasteiger partial charge in [-0.3, -0.25) is 0 Å². The molecule has 0 amide bonds. The predicted octanol–water partition coefficient (Wildman–Crippen LogP) is 3.00. The topological polar surface area (TPSA) is 40.7 Å². The number of halogens is 1. The van der Waals surface area contributed by atoms with Crippen molar-refractivity contribution in [3.63, 3.8) is 0 Å². The number of nitrogens with one attached hydrogen (secondary N) is 2. The van der Waals surface area contributed by atoms with Crippen LogP contribution in [0.2, 0.25) is 0 Å². The molecule has 2 atom stereocenters. The Labute approximate surface area is 103 Å². The first kappa shape index (κ1) is 10.3. The smallest absolute Gasteiger partial charge is 0.124 e. The van der Waals surface area contributed by atoms with E-state index < -0.39 is 0 Å². The summed E-state index contributed by atoms with van der Waals surface area (Å²) in [5.41, 5.74) is 2.14. The van der Waals surface area contributed by atoms with Gasteiger partial charge in [0.05, 0.1) is 17.1 Å². The van der Waals surface area contributed by atoms with Crippen LogP contribution in [-0.2, 0) is 0 Å². The fraction of sp³-hybridized carbons (Fsp3) is 0.417. The van der Waals surface area contributed by atoms with Gasteiger partial charge in [0, 0.05) is 4.47 Å². The van der Waals surface area contributed by atoms with Crippen LogP contribution in [0, 0.1) is 5.92 Å². The fourth-order valence-corrected chi connectivity index (χ4v) is 2.71. The zero-order chi connectivity index (χ0) is 11.1. The number of fused-ring (bicyclic) bond motifs is 1. The van der Waals surface area contributed by atoms with Gasteiger partial charge in [-0.2, -0.15) is 0 Å². The summed E-state index contributed by atoms with van der Waals surface area (Å²) in [6.07, 6.45) is 1.23. The summed E-state index contributed by atoms with van der Waals surface area (Å²) >= 11 is 3.47. The maximum Gasteiger partial charge on any atom is 0.124 e. The molecule has 2 heterocycles. The second kappa shape index (κ2) is 3.86. The zero-order valence-corrected chi connectivity index (χ0v) is 10.7. The molecule has 1 aliphatic rings. The molecule has 0 spiro atoms. The average molecular weight is 280 g/mol. The third kappa shape index (κ3) is 1.66. The van der Waals surface area contributed by atoms with E-state index in [1.165, 1.54) is 6.42 Å². The van der Waals surface area contributed by atoms with Crippen LogP contribution in [0.5, 0.6) is 0 Å². The van der Waals surface area contributed by atoms with Gasteiger partial charge in [0.25, 0.3) is 0 Å².